The lowest BCUT2D eigenvalue weighted by Gasteiger charge is -2.51. The summed E-state index contributed by atoms with van der Waals surface area (Å²) >= 11 is 0. The first kappa shape index (κ1) is 14.5. The Morgan fingerprint density at radius 1 is 1.14 bits per heavy atom. The molecule has 22 heavy (non-hydrogen) atoms. The van der Waals surface area contributed by atoms with Crippen molar-refractivity contribution >= 4 is 5.69 Å². The fraction of sp³-hybridized carbons (Fsp3) is 0.667. The van der Waals surface area contributed by atoms with Gasteiger partial charge in [0, 0.05) is 31.7 Å². The first-order valence-electron chi connectivity index (χ1n) is 8.59. The summed E-state index contributed by atoms with van der Waals surface area (Å²) in [5.41, 5.74) is 0.950. The van der Waals surface area contributed by atoms with E-state index in [2.05, 4.69) is 9.80 Å². The molecule has 0 amide bonds. The van der Waals surface area contributed by atoms with Crippen molar-refractivity contribution in [3.05, 3.63) is 30.1 Å². The minimum atomic E-state index is -0.104. The topological polar surface area (TPSA) is 15.7 Å². The number of hydrogen-bond donors (Lipinski definition) is 0. The zero-order chi connectivity index (χ0) is 15.0. The summed E-state index contributed by atoms with van der Waals surface area (Å²) in [5, 5.41) is 0. The molecule has 1 aromatic carbocycles. The Bertz CT molecular complexity index is 524. The number of piperidine rings is 1. The van der Waals surface area contributed by atoms with Gasteiger partial charge in [0.05, 0.1) is 18.9 Å². The highest BCUT2D eigenvalue weighted by atomic mass is 19.1. The normalized spacial score (nSPS) is 25.6. The van der Waals surface area contributed by atoms with Crippen LogP contribution in [0, 0.1) is 11.7 Å². The van der Waals surface area contributed by atoms with Crippen LogP contribution in [-0.2, 0) is 4.74 Å². The van der Waals surface area contributed by atoms with Crippen LogP contribution in [0.25, 0.3) is 0 Å². The van der Waals surface area contributed by atoms with Gasteiger partial charge in [-0.25, -0.2) is 4.39 Å². The predicted octanol–water partition coefficient (Wildman–Crippen LogP) is 2.91. The Kier molecular flexibility index (Phi) is 3.82. The van der Waals surface area contributed by atoms with Gasteiger partial charge in [-0.2, -0.15) is 0 Å². The van der Waals surface area contributed by atoms with Crippen molar-refractivity contribution < 1.29 is 9.13 Å². The Labute approximate surface area is 132 Å². The first-order valence-corrected chi connectivity index (χ1v) is 8.59. The lowest BCUT2D eigenvalue weighted by atomic mass is 9.85. The van der Waals surface area contributed by atoms with Crippen LogP contribution in [0.4, 0.5) is 10.1 Å². The van der Waals surface area contributed by atoms with E-state index in [9.17, 15) is 4.39 Å². The summed E-state index contributed by atoms with van der Waals surface area (Å²) in [5.74, 6) is 0.813. The first-order chi connectivity index (χ1) is 10.8. The van der Waals surface area contributed by atoms with E-state index in [1.165, 1.54) is 19.4 Å². The molecule has 1 aliphatic carbocycles. The van der Waals surface area contributed by atoms with Crippen LogP contribution in [0.1, 0.15) is 25.7 Å². The average Bonchev–Trinajstić information content (AvgIpc) is 3.36. The average molecular weight is 304 g/mol. The maximum atomic E-state index is 14.0. The molecule has 0 atom stereocenters. The molecule has 3 aliphatic rings. The summed E-state index contributed by atoms with van der Waals surface area (Å²) in [4.78, 5) is 4.89. The van der Waals surface area contributed by atoms with Crippen molar-refractivity contribution in [2.75, 3.05) is 44.3 Å². The van der Waals surface area contributed by atoms with Crippen molar-refractivity contribution in [2.24, 2.45) is 5.92 Å². The minimum absolute atomic E-state index is 0.104. The lowest BCUT2D eigenvalue weighted by molar-refractivity contribution is -0.0816. The fourth-order valence-corrected chi connectivity index (χ4v) is 3.99. The van der Waals surface area contributed by atoms with Gasteiger partial charge in [-0.1, -0.05) is 12.1 Å². The van der Waals surface area contributed by atoms with Crippen molar-refractivity contribution in [3.63, 3.8) is 0 Å². The van der Waals surface area contributed by atoms with Crippen molar-refractivity contribution in [2.45, 2.75) is 31.2 Å². The molecule has 2 aliphatic heterocycles. The zero-order valence-corrected chi connectivity index (χ0v) is 13.1. The molecule has 120 valence electrons. The van der Waals surface area contributed by atoms with E-state index in [0.717, 1.165) is 57.3 Å². The number of morpholine rings is 1. The molecular formula is C18H25FN2O. The third-order valence-corrected chi connectivity index (χ3v) is 5.61. The molecule has 0 bridgehead atoms. The monoisotopic (exact) mass is 304 g/mol. The third kappa shape index (κ3) is 2.74. The molecule has 1 saturated carbocycles. The second-order valence-corrected chi connectivity index (χ2v) is 7.10. The second kappa shape index (κ2) is 5.82. The fourth-order valence-electron chi connectivity index (χ4n) is 3.99. The van der Waals surface area contributed by atoms with E-state index in [0.29, 0.717) is 0 Å². The maximum Gasteiger partial charge on any atom is 0.146 e. The van der Waals surface area contributed by atoms with Gasteiger partial charge in [0.2, 0.25) is 0 Å². The van der Waals surface area contributed by atoms with Crippen LogP contribution in [-0.4, -0.2) is 49.8 Å². The number of rotatable bonds is 3. The zero-order valence-electron chi connectivity index (χ0n) is 13.1. The molecule has 1 spiro atoms. The minimum Gasteiger partial charge on any atom is -0.378 e. The third-order valence-electron chi connectivity index (χ3n) is 5.61. The van der Waals surface area contributed by atoms with E-state index < -0.39 is 0 Å². The van der Waals surface area contributed by atoms with Crippen molar-refractivity contribution in [1.82, 2.24) is 4.90 Å². The molecule has 4 rings (SSSR count). The van der Waals surface area contributed by atoms with E-state index in [1.807, 2.05) is 12.1 Å². The van der Waals surface area contributed by atoms with Crippen LogP contribution >= 0.6 is 0 Å². The standard InChI is InChI=1S/C18H25FN2O/c19-16-3-1-2-4-17(16)20-9-7-18(8-10-20)14-22-12-11-21(18)13-15-5-6-15/h1-4,15H,5-14H2. The number of ether oxygens (including phenoxy) is 1. The Morgan fingerprint density at radius 2 is 1.91 bits per heavy atom. The van der Waals surface area contributed by atoms with E-state index in [-0.39, 0.29) is 11.4 Å². The number of halogens is 1. The van der Waals surface area contributed by atoms with Crippen LogP contribution in [0.15, 0.2) is 24.3 Å². The number of benzene rings is 1. The molecule has 0 unspecified atom stereocenters. The highest BCUT2D eigenvalue weighted by Gasteiger charge is 2.44. The van der Waals surface area contributed by atoms with Gasteiger partial charge >= 0.3 is 0 Å². The van der Waals surface area contributed by atoms with Crippen molar-refractivity contribution in [3.8, 4) is 0 Å². The van der Waals surface area contributed by atoms with Gasteiger partial charge in [-0.15, -0.1) is 0 Å². The number of anilines is 1. The Balaban J connectivity index is 1.46. The van der Waals surface area contributed by atoms with Gasteiger partial charge in [0.1, 0.15) is 5.82 Å². The molecule has 0 N–H and O–H groups in total. The predicted molar refractivity (Wildman–Crippen MR) is 85.7 cm³/mol. The van der Waals surface area contributed by atoms with Crippen molar-refractivity contribution in [1.29, 1.82) is 0 Å². The molecule has 3 fully saturated rings. The van der Waals surface area contributed by atoms with Crippen LogP contribution in [0.5, 0.6) is 0 Å². The molecule has 2 heterocycles. The van der Waals surface area contributed by atoms with Gasteiger partial charge < -0.3 is 9.64 Å². The summed E-state index contributed by atoms with van der Waals surface area (Å²) < 4.78 is 19.8. The van der Waals surface area contributed by atoms with Gasteiger partial charge in [-0.05, 0) is 43.7 Å². The summed E-state index contributed by atoms with van der Waals surface area (Å²) in [6.07, 6.45) is 4.95. The quantitative estimate of drug-likeness (QED) is 0.854. The Morgan fingerprint density at radius 3 is 2.64 bits per heavy atom. The number of nitrogens with zero attached hydrogens (tertiary/aromatic N) is 2. The molecule has 3 nitrogen and oxygen atoms in total. The number of para-hydroxylation sites is 1. The maximum absolute atomic E-state index is 14.0. The summed E-state index contributed by atoms with van der Waals surface area (Å²) in [7, 11) is 0. The molecular weight excluding hydrogens is 279 g/mol. The van der Waals surface area contributed by atoms with Gasteiger partial charge in [-0.3, -0.25) is 4.90 Å². The van der Waals surface area contributed by atoms with Gasteiger partial charge in [0.25, 0.3) is 0 Å². The lowest BCUT2D eigenvalue weighted by Crippen LogP contribution is -2.62. The summed E-state index contributed by atoms with van der Waals surface area (Å²) in [6.45, 7) is 5.87. The largest absolute Gasteiger partial charge is 0.378 e. The van der Waals surface area contributed by atoms with Crippen LogP contribution in [0.3, 0.4) is 0 Å². The molecule has 0 radical (unpaired) electrons. The smallest absolute Gasteiger partial charge is 0.146 e. The molecule has 2 saturated heterocycles. The van der Waals surface area contributed by atoms with E-state index in [4.69, 9.17) is 4.74 Å². The highest BCUT2D eigenvalue weighted by molar-refractivity contribution is 5.48. The molecule has 4 heteroatoms. The second-order valence-electron chi connectivity index (χ2n) is 7.10. The van der Waals surface area contributed by atoms with E-state index in [1.54, 1.807) is 12.1 Å². The Hall–Kier alpha value is -1.13. The summed E-state index contributed by atoms with van der Waals surface area (Å²) in [6, 6.07) is 7.14. The highest BCUT2D eigenvalue weighted by Crippen LogP contribution is 2.38. The molecule has 0 aromatic heterocycles. The van der Waals surface area contributed by atoms with Crippen LogP contribution < -0.4 is 4.90 Å². The van der Waals surface area contributed by atoms with Crippen LogP contribution in [0.2, 0.25) is 0 Å². The van der Waals surface area contributed by atoms with Gasteiger partial charge in [0.15, 0.2) is 0 Å². The SMILES string of the molecule is Fc1ccccc1N1CCC2(CC1)COCCN2CC1CC1. The van der Waals surface area contributed by atoms with E-state index >= 15 is 0 Å². The molecule has 1 aromatic rings. The number of hydrogen-bond acceptors (Lipinski definition) is 3.